The molecule has 0 spiro atoms. The molecule has 1 amide bonds. The van der Waals surface area contributed by atoms with E-state index in [1.807, 2.05) is 20.8 Å². The number of amides is 1. The van der Waals surface area contributed by atoms with Gasteiger partial charge in [0, 0.05) is 12.1 Å². The van der Waals surface area contributed by atoms with Gasteiger partial charge in [-0.3, -0.25) is 0 Å². The Morgan fingerprint density at radius 2 is 1.73 bits per heavy atom. The number of nitrogens with zero attached hydrogens (tertiary/aromatic N) is 1. The van der Waals surface area contributed by atoms with Crippen LogP contribution in [0, 0.1) is 0 Å². The second-order valence-corrected chi connectivity index (χ2v) is 4.81. The van der Waals surface area contributed by atoms with Crippen LogP contribution in [-0.2, 0) is 0 Å². The molecule has 0 unspecified atom stereocenters. The quantitative estimate of drug-likeness (QED) is 0.669. The summed E-state index contributed by atoms with van der Waals surface area (Å²) in [4.78, 5) is 12.5. The minimum atomic E-state index is -0.832. The van der Waals surface area contributed by atoms with Crippen LogP contribution < -0.4 is 5.73 Å². The van der Waals surface area contributed by atoms with Crippen molar-refractivity contribution in [2.24, 2.45) is 5.73 Å². The molecule has 3 N–H and O–H groups in total. The van der Waals surface area contributed by atoms with Crippen molar-refractivity contribution in [3.05, 3.63) is 0 Å². The zero-order valence-corrected chi connectivity index (χ0v) is 10.1. The molecule has 0 bridgehead atoms. The fourth-order valence-electron chi connectivity index (χ4n) is 1.49. The van der Waals surface area contributed by atoms with Crippen LogP contribution in [0.3, 0.4) is 0 Å². The van der Waals surface area contributed by atoms with Gasteiger partial charge >= 0.3 is 6.09 Å². The SMILES string of the molecule is CC(C)(C)N(CCCCCCN)C(=O)O. The van der Waals surface area contributed by atoms with Crippen molar-refractivity contribution >= 4 is 6.09 Å². The van der Waals surface area contributed by atoms with Gasteiger partial charge in [0.15, 0.2) is 0 Å². The van der Waals surface area contributed by atoms with Gasteiger partial charge in [0.2, 0.25) is 0 Å². The van der Waals surface area contributed by atoms with E-state index in [9.17, 15) is 4.79 Å². The Hall–Kier alpha value is -0.770. The number of rotatable bonds is 6. The van der Waals surface area contributed by atoms with E-state index in [4.69, 9.17) is 10.8 Å². The Balaban J connectivity index is 3.84. The summed E-state index contributed by atoms with van der Waals surface area (Å²) in [6, 6.07) is 0. The van der Waals surface area contributed by atoms with Crippen molar-refractivity contribution in [3.63, 3.8) is 0 Å². The van der Waals surface area contributed by atoms with E-state index < -0.39 is 6.09 Å². The molecule has 0 aromatic rings. The normalized spacial score (nSPS) is 11.5. The van der Waals surface area contributed by atoms with Gasteiger partial charge in [-0.05, 0) is 40.2 Å². The smallest absolute Gasteiger partial charge is 0.407 e. The molecule has 0 aliphatic heterocycles. The zero-order valence-electron chi connectivity index (χ0n) is 10.1. The lowest BCUT2D eigenvalue weighted by atomic mass is 10.1. The summed E-state index contributed by atoms with van der Waals surface area (Å²) >= 11 is 0. The molecule has 0 aliphatic carbocycles. The summed E-state index contributed by atoms with van der Waals surface area (Å²) < 4.78 is 0. The number of unbranched alkanes of at least 4 members (excludes halogenated alkanes) is 3. The van der Waals surface area contributed by atoms with Crippen molar-refractivity contribution in [2.45, 2.75) is 52.0 Å². The summed E-state index contributed by atoms with van der Waals surface area (Å²) in [5.74, 6) is 0. The van der Waals surface area contributed by atoms with Crippen LogP contribution in [0.15, 0.2) is 0 Å². The molecule has 0 radical (unpaired) electrons. The number of nitrogens with two attached hydrogens (primary N) is 1. The number of hydrogen-bond donors (Lipinski definition) is 2. The van der Waals surface area contributed by atoms with Gasteiger partial charge in [0.1, 0.15) is 0 Å². The Labute approximate surface area is 92.4 Å². The first-order chi connectivity index (χ1) is 6.89. The molecule has 0 saturated carbocycles. The third-order valence-corrected chi connectivity index (χ3v) is 2.38. The summed E-state index contributed by atoms with van der Waals surface area (Å²) in [5, 5.41) is 9.02. The molecule has 90 valence electrons. The Kier molecular flexibility index (Phi) is 6.32. The first kappa shape index (κ1) is 14.2. The summed E-state index contributed by atoms with van der Waals surface area (Å²) in [7, 11) is 0. The molecule has 4 nitrogen and oxygen atoms in total. The first-order valence-corrected chi connectivity index (χ1v) is 5.60. The third-order valence-electron chi connectivity index (χ3n) is 2.38. The predicted octanol–water partition coefficient (Wildman–Crippen LogP) is 2.28. The Bertz CT molecular complexity index is 188. The van der Waals surface area contributed by atoms with E-state index in [1.165, 1.54) is 4.90 Å². The van der Waals surface area contributed by atoms with Crippen molar-refractivity contribution in [1.29, 1.82) is 0 Å². The average molecular weight is 216 g/mol. The van der Waals surface area contributed by atoms with E-state index in [0.29, 0.717) is 6.54 Å². The molecule has 0 rings (SSSR count). The summed E-state index contributed by atoms with van der Waals surface area (Å²) in [5.41, 5.74) is 5.08. The highest BCUT2D eigenvalue weighted by molar-refractivity contribution is 5.65. The second kappa shape index (κ2) is 6.67. The van der Waals surface area contributed by atoms with Crippen LogP contribution in [0.1, 0.15) is 46.5 Å². The topological polar surface area (TPSA) is 66.6 Å². The minimum absolute atomic E-state index is 0.306. The highest BCUT2D eigenvalue weighted by Crippen LogP contribution is 2.14. The van der Waals surface area contributed by atoms with Crippen molar-refractivity contribution < 1.29 is 9.90 Å². The predicted molar refractivity (Wildman–Crippen MR) is 62.0 cm³/mol. The van der Waals surface area contributed by atoms with Crippen LogP contribution in [0.25, 0.3) is 0 Å². The maximum Gasteiger partial charge on any atom is 0.407 e. The molecule has 0 aliphatic rings. The van der Waals surface area contributed by atoms with Gasteiger partial charge < -0.3 is 15.7 Å². The largest absolute Gasteiger partial charge is 0.465 e. The van der Waals surface area contributed by atoms with Crippen LogP contribution in [0.2, 0.25) is 0 Å². The van der Waals surface area contributed by atoms with Crippen LogP contribution >= 0.6 is 0 Å². The Morgan fingerprint density at radius 1 is 1.20 bits per heavy atom. The van der Waals surface area contributed by atoms with E-state index >= 15 is 0 Å². The molecule has 4 heteroatoms. The summed E-state index contributed by atoms with van der Waals surface area (Å²) in [6.45, 7) is 7.09. The third kappa shape index (κ3) is 6.33. The lowest BCUT2D eigenvalue weighted by Gasteiger charge is -2.33. The highest BCUT2D eigenvalue weighted by atomic mass is 16.4. The molecule has 0 fully saturated rings. The van der Waals surface area contributed by atoms with Crippen molar-refractivity contribution in [2.75, 3.05) is 13.1 Å². The average Bonchev–Trinajstić information content (AvgIpc) is 2.08. The monoisotopic (exact) mass is 216 g/mol. The molecule has 0 atom stereocenters. The van der Waals surface area contributed by atoms with Gasteiger partial charge in [-0.25, -0.2) is 4.79 Å². The van der Waals surface area contributed by atoms with Gasteiger partial charge in [0.25, 0.3) is 0 Å². The van der Waals surface area contributed by atoms with Gasteiger partial charge in [-0.1, -0.05) is 12.8 Å². The highest BCUT2D eigenvalue weighted by Gasteiger charge is 2.24. The molecule has 0 aromatic carbocycles. The maximum absolute atomic E-state index is 11.0. The van der Waals surface area contributed by atoms with Crippen LogP contribution in [0.4, 0.5) is 4.79 Å². The molecular formula is C11H24N2O2. The lowest BCUT2D eigenvalue weighted by molar-refractivity contribution is 0.0990. The van der Waals surface area contributed by atoms with Crippen LogP contribution in [-0.4, -0.2) is 34.7 Å². The molecular weight excluding hydrogens is 192 g/mol. The maximum atomic E-state index is 11.0. The first-order valence-electron chi connectivity index (χ1n) is 5.60. The molecule has 15 heavy (non-hydrogen) atoms. The van der Waals surface area contributed by atoms with Gasteiger partial charge in [-0.15, -0.1) is 0 Å². The number of carboxylic acid groups (broad SMARTS) is 1. The molecule has 0 saturated heterocycles. The van der Waals surface area contributed by atoms with E-state index in [-0.39, 0.29) is 5.54 Å². The van der Waals surface area contributed by atoms with Crippen LogP contribution in [0.5, 0.6) is 0 Å². The van der Waals surface area contributed by atoms with Crippen molar-refractivity contribution in [1.82, 2.24) is 4.90 Å². The number of hydrogen-bond acceptors (Lipinski definition) is 2. The summed E-state index contributed by atoms with van der Waals surface area (Å²) in [6.07, 6.45) is 3.26. The fourth-order valence-corrected chi connectivity index (χ4v) is 1.49. The molecule has 0 aromatic heterocycles. The minimum Gasteiger partial charge on any atom is -0.465 e. The van der Waals surface area contributed by atoms with Gasteiger partial charge in [0.05, 0.1) is 0 Å². The molecule has 0 heterocycles. The second-order valence-electron chi connectivity index (χ2n) is 4.81. The standard InChI is InChI=1S/C11H24N2O2/c1-11(2,3)13(10(14)15)9-7-5-4-6-8-12/h4-9,12H2,1-3H3,(H,14,15). The van der Waals surface area contributed by atoms with E-state index in [0.717, 1.165) is 32.2 Å². The fraction of sp³-hybridized carbons (Fsp3) is 0.909. The van der Waals surface area contributed by atoms with Gasteiger partial charge in [-0.2, -0.15) is 0 Å². The number of carbonyl (C=O) groups is 1. The Morgan fingerprint density at radius 3 is 2.13 bits per heavy atom. The van der Waals surface area contributed by atoms with E-state index in [1.54, 1.807) is 0 Å². The zero-order chi connectivity index (χ0) is 11.9. The lowest BCUT2D eigenvalue weighted by Crippen LogP contribution is -2.45. The van der Waals surface area contributed by atoms with Crippen molar-refractivity contribution in [3.8, 4) is 0 Å². The van der Waals surface area contributed by atoms with E-state index in [2.05, 4.69) is 0 Å².